The predicted molar refractivity (Wildman–Crippen MR) is 51.6 cm³/mol. The van der Waals surface area contributed by atoms with Crippen LogP contribution in [0.2, 0.25) is 0 Å². The summed E-state index contributed by atoms with van der Waals surface area (Å²) in [6.07, 6.45) is -3.59. The Balaban J connectivity index is 2.73. The highest BCUT2D eigenvalue weighted by atomic mass is 19.4. The zero-order valence-corrected chi connectivity index (χ0v) is 8.58. The maximum absolute atomic E-state index is 12.2. The number of hydrogen-bond acceptors (Lipinski definition) is 3. The third-order valence-electron chi connectivity index (χ3n) is 2.22. The molecule has 0 saturated carbocycles. The second-order valence-corrected chi connectivity index (χ2v) is 3.48. The zero-order valence-electron chi connectivity index (χ0n) is 8.58. The number of nitrogens with zero attached hydrogens (tertiary/aromatic N) is 3. The van der Waals surface area contributed by atoms with Gasteiger partial charge < -0.3 is 4.57 Å². The summed E-state index contributed by atoms with van der Waals surface area (Å²) in [7, 11) is 1.17. The molecule has 0 aliphatic carbocycles. The fraction of sp³-hybridized carbons (Fsp3) is 0.375. The van der Waals surface area contributed by atoms with Crippen LogP contribution in [0.1, 0.15) is 0 Å². The minimum absolute atomic E-state index is 0.151. The lowest BCUT2D eigenvalue weighted by Crippen LogP contribution is -2.33. The maximum Gasteiger partial charge on any atom is 0.406 e. The van der Waals surface area contributed by atoms with Crippen molar-refractivity contribution in [2.24, 2.45) is 7.05 Å². The minimum atomic E-state index is -4.46. The number of aromatic nitrogens is 4. The molecule has 6 nitrogen and oxygen atoms in total. The first-order valence-electron chi connectivity index (χ1n) is 4.50. The van der Waals surface area contributed by atoms with Crippen molar-refractivity contribution < 1.29 is 13.2 Å². The largest absolute Gasteiger partial charge is 0.406 e. The van der Waals surface area contributed by atoms with Crippen molar-refractivity contribution in [3.8, 4) is 0 Å². The molecule has 0 aliphatic heterocycles. The lowest BCUT2D eigenvalue weighted by molar-refractivity contribution is -0.140. The van der Waals surface area contributed by atoms with E-state index in [1.54, 1.807) is 0 Å². The van der Waals surface area contributed by atoms with Gasteiger partial charge in [-0.15, -0.1) is 0 Å². The molecule has 2 aromatic heterocycles. The van der Waals surface area contributed by atoms with Crippen molar-refractivity contribution in [1.29, 1.82) is 0 Å². The van der Waals surface area contributed by atoms with Gasteiger partial charge in [-0.25, -0.2) is 9.78 Å². The number of imidazole rings is 1. The molecule has 0 unspecified atom stereocenters. The van der Waals surface area contributed by atoms with Gasteiger partial charge in [-0.2, -0.15) is 13.2 Å². The summed E-state index contributed by atoms with van der Waals surface area (Å²) in [5, 5.41) is 0. The van der Waals surface area contributed by atoms with Crippen molar-refractivity contribution >= 4 is 11.2 Å². The Kier molecular flexibility index (Phi) is 2.33. The quantitative estimate of drug-likeness (QED) is 0.771. The van der Waals surface area contributed by atoms with E-state index in [1.165, 1.54) is 7.05 Å². The van der Waals surface area contributed by atoms with Crippen molar-refractivity contribution in [2.45, 2.75) is 12.7 Å². The third-order valence-corrected chi connectivity index (χ3v) is 2.22. The van der Waals surface area contributed by atoms with Crippen LogP contribution in [0, 0.1) is 0 Å². The average Bonchev–Trinajstić information content (AvgIpc) is 2.55. The van der Waals surface area contributed by atoms with Crippen LogP contribution >= 0.6 is 0 Å². The highest BCUT2D eigenvalue weighted by molar-refractivity contribution is 5.69. The number of nitrogens with one attached hydrogen (secondary N) is 1. The summed E-state index contributed by atoms with van der Waals surface area (Å²) in [6, 6.07) is 0. The molecule has 0 aromatic carbocycles. The molecule has 0 radical (unpaired) electrons. The SMILES string of the molecule is Cn1c(=O)[nH]c2ncn(CC(F)(F)F)c2c1=O. The fourth-order valence-electron chi connectivity index (χ4n) is 1.45. The minimum Gasteiger partial charge on any atom is -0.316 e. The van der Waals surface area contributed by atoms with Gasteiger partial charge >= 0.3 is 11.9 Å². The lowest BCUT2D eigenvalue weighted by Gasteiger charge is -2.07. The molecule has 0 fully saturated rings. The molecule has 0 aliphatic rings. The first-order chi connectivity index (χ1) is 7.79. The number of alkyl halides is 3. The molecule has 2 rings (SSSR count). The second kappa shape index (κ2) is 3.47. The van der Waals surface area contributed by atoms with Crippen molar-refractivity contribution in [1.82, 2.24) is 19.1 Å². The molecule has 0 saturated heterocycles. The van der Waals surface area contributed by atoms with Gasteiger partial charge in [0.05, 0.1) is 6.33 Å². The summed E-state index contributed by atoms with van der Waals surface area (Å²) in [5.74, 6) is 0. The summed E-state index contributed by atoms with van der Waals surface area (Å²) >= 11 is 0. The predicted octanol–water partition coefficient (Wildman–Crippen LogP) is -0.0144. The molecular formula is C8H7F3N4O2. The van der Waals surface area contributed by atoms with Crippen LogP contribution in [-0.2, 0) is 13.6 Å². The first-order valence-corrected chi connectivity index (χ1v) is 4.50. The van der Waals surface area contributed by atoms with Gasteiger partial charge in [0.1, 0.15) is 6.54 Å². The Morgan fingerprint density at radius 3 is 2.65 bits per heavy atom. The van der Waals surface area contributed by atoms with E-state index in [-0.39, 0.29) is 11.2 Å². The average molecular weight is 248 g/mol. The van der Waals surface area contributed by atoms with E-state index in [2.05, 4.69) is 9.97 Å². The number of halogens is 3. The molecule has 17 heavy (non-hydrogen) atoms. The third kappa shape index (κ3) is 1.95. The second-order valence-electron chi connectivity index (χ2n) is 3.48. The number of rotatable bonds is 1. The van der Waals surface area contributed by atoms with E-state index in [1.807, 2.05) is 0 Å². The van der Waals surface area contributed by atoms with Gasteiger partial charge in [-0.3, -0.25) is 14.3 Å². The monoisotopic (exact) mass is 248 g/mol. The smallest absolute Gasteiger partial charge is 0.316 e. The Hall–Kier alpha value is -2.06. The van der Waals surface area contributed by atoms with Crippen LogP contribution in [0.3, 0.4) is 0 Å². The van der Waals surface area contributed by atoms with Crippen LogP contribution in [0.5, 0.6) is 0 Å². The van der Waals surface area contributed by atoms with Crippen molar-refractivity contribution in [3.05, 3.63) is 27.2 Å². The highest BCUT2D eigenvalue weighted by Crippen LogP contribution is 2.18. The molecule has 0 spiro atoms. The molecule has 0 amide bonds. The van der Waals surface area contributed by atoms with Gasteiger partial charge in [-0.1, -0.05) is 0 Å². The van der Waals surface area contributed by atoms with Crippen molar-refractivity contribution in [2.75, 3.05) is 0 Å². The number of fused-ring (bicyclic) bond motifs is 1. The van der Waals surface area contributed by atoms with Gasteiger partial charge in [0.25, 0.3) is 5.56 Å². The van der Waals surface area contributed by atoms with Gasteiger partial charge in [0.15, 0.2) is 11.2 Å². The molecule has 92 valence electrons. The van der Waals surface area contributed by atoms with Gasteiger partial charge in [0, 0.05) is 7.05 Å². The standard InChI is InChI=1S/C8H7F3N4O2/c1-14-6(16)4-5(13-7(14)17)12-3-15(4)2-8(9,10)11/h3H,2H2,1H3,(H,13,17). The van der Waals surface area contributed by atoms with E-state index in [0.717, 1.165) is 6.33 Å². The van der Waals surface area contributed by atoms with E-state index in [0.29, 0.717) is 9.13 Å². The lowest BCUT2D eigenvalue weighted by atomic mass is 10.5. The van der Waals surface area contributed by atoms with Crippen LogP contribution in [0.15, 0.2) is 15.9 Å². The maximum atomic E-state index is 12.2. The summed E-state index contributed by atoms with van der Waals surface area (Å²) in [6.45, 7) is -1.33. The molecule has 2 aromatic rings. The Morgan fingerprint density at radius 1 is 1.41 bits per heavy atom. The number of hydrogen-bond donors (Lipinski definition) is 1. The molecule has 9 heteroatoms. The van der Waals surface area contributed by atoms with E-state index in [4.69, 9.17) is 0 Å². The van der Waals surface area contributed by atoms with Crippen LogP contribution < -0.4 is 11.2 Å². The molecule has 0 atom stereocenters. The Morgan fingerprint density at radius 2 is 2.06 bits per heavy atom. The summed E-state index contributed by atoms with van der Waals surface area (Å²) < 4.78 is 38.0. The molecule has 1 N–H and O–H groups in total. The highest BCUT2D eigenvalue weighted by Gasteiger charge is 2.29. The van der Waals surface area contributed by atoms with Crippen LogP contribution in [0.4, 0.5) is 13.2 Å². The van der Waals surface area contributed by atoms with Crippen LogP contribution in [-0.4, -0.2) is 25.3 Å². The zero-order chi connectivity index (χ0) is 12.8. The molecule has 0 bridgehead atoms. The summed E-state index contributed by atoms with van der Waals surface area (Å²) in [4.78, 5) is 28.6. The summed E-state index contributed by atoms with van der Waals surface area (Å²) in [5.41, 5.74) is -1.96. The molecular weight excluding hydrogens is 241 g/mol. The Bertz CT molecular complexity index is 679. The molecule has 2 heterocycles. The number of H-pyrrole nitrogens is 1. The Labute approximate surface area is 91.3 Å². The normalized spacial score (nSPS) is 12.2. The number of aromatic amines is 1. The van der Waals surface area contributed by atoms with Gasteiger partial charge in [0.2, 0.25) is 0 Å². The van der Waals surface area contributed by atoms with Gasteiger partial charge in [-0.05, 0) is 0 Å². The van der Waals surface area contributed by atoms with Crippen molar-refractivity contribution in [3.63, 3.8) is 0 Å². The van der Waals surface area contributed by atoms with E-state index < -0.39 is 24.0 Å². The fourth-order valence-corrected chi connectivity index (χ4v) is 1.45. The topological polar surface area (TPSA) is 72.7 Å². The first kappa shape index (κ1) is 11.4. The van der Waals surface area contributed by atoms with E-state index >= 15 is 0 Å². The van der Waals surface area contributed by atoms with Crippen LogP contribution in [0.25, 0.3) is 11.2 Å². The van der Waals surface area contributed by atoms with E-state index in [9.17, 15) is 22.8 Å².